The second-order valence-electron chi connectivity index (χ2n) is 4.64. The van der Waals surface area contributed by atoms with Crippen molar-refractivity contribution < 1.29 is 4.74 Å². The van der Waals surface area contributed by atoms with Gasteiger partial charge in [-0.2, -0.15) is 0 Å². The van der Waals surface area contributed by atoms with Gasteiger partial charge in [-0.1, -0.05) is 25.0 Å². The molecule has 0 amide bonds. The lowest BCUT2D eigenvalue weighted by Crippen LogP contribution is -2.25. The fraction of sp³-hybridized carbons (Fsp3) is 0.571. The Balaban J connectivity index is 1.76. The van der Waals surface area contributed by atoms with E-state index in [9.17, 15) is 0 Å². The van der Waals surface area contributed by atoms with Gasteiger partial charge >= 0.3 is 0 Å². The highest BCUT2D eigenvalue weighted by Gasteiger charge is 2.13. The van der Waals surface area contributed by atoms with Crippen molar-refractivity contribution >= 4 is 0 Å². The van der Waals surface area contributed by atoms with Crippen molar-refractivity contribution in [2.24, 2.45) is 5.73 Å². The van der Waals surface area contributed by atoms with Gasteiger partial charge in [-0.15, -0.1) is 0 Å². The highest BCUT2D eigenvalue weighted by atomic mass is 16.5. The standard InChI is InChI=1S/C14H22N2O/c15-9-10-17-14-7-5-12(6-8-14)11-16-13-3-1-2-4-13/h5-8,13,16H,1-4,9-11,15H2. The fourth-order valence-corrected chi connectivity index (χ4v) is 2.27. The van der Waals surface area contributed by atoms with Crippen molar-refractivity contribution in [1.82, 2.24) is 5.32 Å². The molecule has 1 fully saturated rings. The molecule has 0 unspecified atom stereocenters. The van der Waals surface area contributed by atoms with Crippen molar-refractivity contribution in [3.05, 3.63) is 29.8 Å². The summed E-state index contributed by atoms with van der Waals surface area (Å²) < 4.78 is 5.44. The van der Waals surface area contributed by atoms with Crippen molar-refractivity contribution in [3.63, 3.8) is 0 Å². The fourth-order valence-electron chi connectivity index (χ4n) is 2.27. The summed E-state index contributed by atoms with van der Waals surface area (Å²) in [5.74, 6) is 0.903. The van der Waals surface area contributed by atoms with Crippen molar-refractivity contribution in [3.8, 4) is 5.75 Å². The van der Waals surface area contributed by atoms with Crippen LogP contribution in [0.3, 0.4) is 0 Å². The third-order valence-electron chi connectivity index (χ3n) is 3.26. The molecule has 1 aromatic rings. The smallest absolute Gasteiger partial charge is 0.119 e. The number of hydrogen-bond acceptors (Lipinski definition) is 3. The van der Waals surface area contributed by atoms with Crippen molar-refractivity contribution in [2.75, 3.05) is 13.2 Å². The van der Waals surface area contributed by atoms with E-state index in [1.54, 1.807) is 0 Å². The summed E-state index contributed by atoms with van der Waals surface area (Å²) in [5, 5.41) is 3.60. The average molecular weight is 234 g/mol. The molecule has 0 radical (unpaired) electrons. The molecule has 0 bridgehead atoms. The third kappa shape index (κ3) is 4.02. The Bertz CT molecular complexity index is 317. The van der Waals surface area contributed by atoms with Crippen LogP contribution in [0.1, 0.15) is 31.2 Å². The van der Waals surface area contributed by atoms with Gasteiger partial charge < -0.3 is 15.8 Å². The molecule has 0 spiro atoms. The van der Waals surface area contributed by atoms with E-state index in [1.165, 1.54) is 31.2 Å². The van der Waals surface area contributed by atoms with Gasteiger partial charge in [0.1, 0.15) is 12.4 Å². The summed E-state index contributed by atoms with van der Waals surface area (Å²) in [6.07, 6.45) is 5.42. The van der Waals surface area contributed by atoms with Crippen molar-refractivity contribution in [2.45, 2.75) is 38.3 Å². The Hall–Kier alpha value is -1.06. The molecule has 3 heteroatoms. The van der Waals surface area contributed by atoms with Crippen LogP contribution in [-0.2, 0) is 6.54 Å². The van der Waals surface area contributed by atoms with E-state index in [0.717, 1.165) is 18.3 Å². The van der Waals surface area contributed by atoms with E-state index >= 15 is 0 Å². The monoisotopic (exact) mass is 234 g/mol. The predicted octanol–water partition coefficient (Wildman–Crippen LogP) is 2.06. The Kier molecular flexibility index (Phi) is 4.83. The number of hydrogen-bond donors (Lipinski definition) is 2. The molecule has 1 aliphatic carbocycles. The van der Waals surface area contributed by atoms with Crippen molar-refractivity contribution in [1.29, 1.82) is 0 Å². The van der Waals surface area contributed by atoms with Gasteiger partial charge in [0.25, 0.3) is 0 Å². The number of nitrogens with two attached hydrogens (primary N) is 1. The van der Waals surface area contributed by atoms with E-state index in [0.29, 0.717) is 13.2 Å². The first-order valence-corrected chi connectivity index (χ1v) is 6.53. The maximum absolute atomic E-state index is 5.44. The van der Waals surface area contributed by atoms with Gasteiger partial charge in [-0.05, 0) is 30.5 Å². The van der Waals surface area contributed by atoms with Crippen LogP contribution in [0.25, 0.3) is 0 Å². The van der Waals surface area contributed by atoms with E-state index in [2.05, 4.69) is 17.4 Å². The Morgan fingerprint density at radius 1 is 1.18 bits per heavy atom. The van der Waals surface area contributed by atoms with Crippen LogP contribution >= 0.6 is 0 Å². The van der Waals surface area contributed by atoms with Crippen LogP contribution in [0.5, 0.6) is 5.75 Å². The lowest BCUT2D eigenvalue weighted by atomic mass is 10.2. The summed E-state index contributed by atoms with van der Waals surface area (Å²) >= 11 is 0. The zero-order chi connectivity index (χ0) is 11.9. The number of nitrogens with one attached hydrogen (secondary N) is 1. The molecule has 3 N–H and O–H groups in total. The Morgan fingerprint density at radius 2 is 1.88 bits per heavy atom. The molecule has 17 heavy (non-hydrogen) atoms. The summed E-state index contributed by atoms with van der Waals surface area (Å²) in [4.78, 5) is 0. The quantitative estimate of drug-likeness (QED) is 0.792. The van der Waals surface area contributed by atoms with Crippen LogP contribution in [0, 0.1) is 0 Å². The first-order chi connectivity index (χ1) is 8.38. The molecule has 2 rings (SSSR count). The van der Waals surface area contributed by atoms with E-state index < -0.39 is 0 Å². The average Bonchev–Trinajstić information content (AvgIpc) is 2.88. The molecular formula is C14H22N2O. The second-order valence-corrected chi connectivity index (χ2v) is 4.64. The van der Waals surface area contributed by atoms with Crippen LogP contribution in [0.4, 0.5) is 0 Å². The predicted molar refractivity (Wildman–Crippen MR) is 70.1 cm³/mol. The van der Waals surface area contributed by atoms with Gasteiger partial charge in [0.05, 0.1) is 0 Å². The second kappa shape index (κ2) is 6.62. The third-order valence-corrected chi connectivity index (χ3v) is 3.26. The van der Waals surface area contributed by atoms with Crippen LogP contribution in [0.2, 0.25) is 0 Å². The Morgan fingerprint density at radius 3 is 2.53 bits per heavy atom. The topological polar surface area (TPSA) is 47.3 Å². The molecule has 0 heterocycles. The summed E-state index contributed by atoms with van der Waals surface area (Å²) in [5.41, 5.74) is 6.71. The van der Waals surface area contributed by atoms with Gasteiger partial charge in [-0.3, -0.25) is 0 Å². The highest BCUT2D eigenvalue weighted by molar-refractivity contribution is 5.27. The van der Waals surface area contributed by atoms with Crippen LogP contribution < -0.4 is 15.8 Å². The minimum Gasteiger partial charge on any atom is -0.492 e. The molecule has 1 aliphatic rings. The van der Waals surface area contributed by atoms with E-state index in [1.807, 2.05) is 12.1 Å². The highest BCUT2D eigenvalue weighted by Crippen LogP contribution is 2.18. The first-order valence-electron chi connectivity index (χ1n) is 6.53. The SMILES string of the molecule is NCCOc1ccc(CNC2CCCC2)cc1. The minimum absolute atomic E-state index is 0.561. The van der Waals surface area contributed by atoms with E-state index in [4.69, 9.17) is 10.5 Å². The molecule has 0 aliphatic heterocycles. The summed E-state index contributed by atoms with van der Waals surface area (Å²) in [6.45, 7) is 2.10. The summed E-state index contributed by atoms with van der Waals surface area (Å²) in [6, 6.07) is 8.99. The number of rotatable bonds is 6. The Labute approximate surface area is 103 Å². The zero-order valence-electron chi connectivity index (χ0n) is 10.3. The van der Waals surface area contributed by atoms with Gasteiger partial charge in [0.2, 0.25) is 0 Å². The van der Waals surface area contributed by atoms with Crippen LogP contribution in [-0.4, -0.2) is 19.2 Å². The maximum atomic E-state index is 5.44. The maximum Gasteiger partial charge on any atom is 0.119 e. The van der Waals surface area contributed by atoms with Crippen LogP contribution in [0.15, 0.2) is 24.3 Å². The number of benzene rings is 1. The minimum atomic E-state index is 0.561. The molecule has 1 saturated carbocycles. The van der Waals surface area contributed by atoms with E-state index in [-0.39, 0.29) is 0 Å². The molecule has 3 nitrogen and oxygen atoms in total. The molecular weight excluding hydrogens is 212 g/mol. The lowest BCUT2D eigenvalue weighted by molar-refractivity contribution is 0.328. The molecule has 0 saturated heterocycles. The first kappa shape index (κ1) is 12.4. The lowest BCUT2D eigenvalue weighted by Gasteiger charge is -2.12. The normalized spacial score (nSPS) is 16.3. The summed E-state index contributed by atoms with van der Waals surface area (Å²) in [7, 11) is 0. The molecule has 0 aromatic heterocycles. The van der Waals surface area contributed by atoms with Gasteiger partial charge in [0.15, 0.2) is 0 Å². The molecule has 0 atom stereocenters. The zero-order valence-corrected chi connectivity index (χ0v) is 10.3. The van der Waals surface area contributed by atoms with Gasteiger partial charge in [-0.25, -0.2) is 0 Å². The molecule has 1 aromatic carbocycles. The molecule has 94 valence electrons. The van der Waals surface area contributed by atoms with Gasteiger partial charge in [0, 0.05) is 19.1 Å². The number of ether oxygens (including phenoxy) is 1. The largest absolute Gasteiger partial charge is 0.492 e.